The molecule has 1 aromatic carbocycles. The number of hydrogen-bond acceptors (Lipinski definition) is 5. The maximum absolute atomic E-state index is 12.5. The van der Waals surface area contributed by atoms with Crippen molar-refractivity contribution in [3.8, 4) is 6.07 Å². The molecule has 0 aliphatic carbocycles. The number of carbonyl (C=O) groups excluding carboxylic acids is 1. The van der Waals surface area contributed by atoms with E-state index in [0.29, 0.717) is 23.6 Å². The van der Waals surface area contributed by atoms with Gasteiger partial charge in [0.05, 0.1) is 16.6 Å². The Morgan fingerprint density at radius 3 is 2.86 bits per heavy atom. The minimum atomic E-state index is -0.0986. The van der Waals surface area contributed by atoms with Crippen molar-refractivity contribution in [2.75, 3.05) is 18.0 Å². The molecule has 3 heterocycles. The number of aromatic nitrogens is 2. The monoisotopic (exact) mass is 371 g/mol. The number of piperidine rings is 1. The highest BCUT2D eigenvalue weighted by Gasteiger charge is 2.27. The summed E-state index contributed by atoms with van der Waals surface area (Å²) in [7, 11) is 0. The summed E-state index contributed by atoms with van der Waals surface area (Å²) >= 11 is 0. The number of amides is 1. The number of nitrogens with one attached hydrogen (secondary N) is 1. The lowest BCUT2D eigenvalue weighted by atomic mass is 9.94. The molecule has 0 spiro atoms. The van der Waals surface area contributed by atoms with Crippen LogP contribution in [0.15, 0.2) is 55.0 Å². The van der Waals surface area contributed by atoms with Gasteiger partial charge in [-0.15, -0.1) is 0 Å². The highest BCUT2D eigenvalue weighted by atomic mass is 16.1. The second kappa shape index (κ2) is 7.65. The lowest BCUT2D eigenvalue weighted by Crippen LogP contribution is -2.50. The first kappa shape index (κ1) is 17.9. The van der Waals surface area contributed by atoms with Crippen LogP contribution in [0.4, 0.5) is 5.69 Å². The van der Waals surface area contributed by atoms with Gasteiger partial charge in [-0.3, -0.25) is 14.8 Å². The second-order valence-corrected chi connectivity index (χ2v) is 7.30. The summed E-state index contributed by atoms with van der Waals surface area (Å²) in [6, 6.07) is 13.5. The number of nitriles is 1. The van der Waals surface area contributed by atoms with Gasteiger partial charge in [-0.2, -0.15) is 5.26 Å². The van der Waals surface area contributed by atoms with Crippen molar-refractivity contribution in [1.82, 2.24) is 15.3 Å². The number of hydrogen-bond donors (Lipinski definition) is 1. The van der Waals surface area contributed by atoms with Crippen molar-refractivity contribution in [2.24, 2.45) is 5.92 Å². The lowest BCUT2D eigenvalue weighted by Gasteiger charge is -2.38. The van der Waals surface area contributed by atoms with Gasteiger partial charge in [0, 0.05) is 48.8 Å². The first-order valence-corrected chi connectivity index (χ1v) is 9.39. The molecule has 0 bridgehead atoms. The molecule has 1 amide bonds. The van der Waals surface area contributed by atoms with E-state index >= 15 is 0 Å². The number of fused-ring (bicyclic) bond motifs is 1. The van der Waals surface area contributed by atoms with Crippen molar-refractivity contribution in [2.45, 2.75) is 19.4 Å². The third-order valence-corrected chi connectivity index (χ3v) is 5.13. The molecule has 1 fully saturated rings. The summed E-state index contributed by atoms with van der Waals surface area (Å²) in [6.45, 7) is 3.81. The van der Waals surface area contributed by atoms with Crippen LogP contribution in [0.2, 0.25) is 0 Å². The Labute approximate surface area is 163 Å². The van der Waals surface area contributed by atoms with Gasteiger partial charge in [-0.1, -0.05) is 6.92 Å². The van der Waals surface area contributed by atoms with E-state index in [1.807, 2.05) is 24.3 Å². The number of pyridine rings is 2. The summed E-state index contributed by atoms with van der Waals surface area (Å²) < 4.78 is 0. The summed E-state index contributed by atoms with van der Waals surface area (Å²) in [5, 5.41) is 13.5. The molecule has 6 heteroatoms. The average molecular weight is 371 g/mol. The normalized spacial score (nSPS) is 19.2. The van der Waals surface area contributed by atoms with Gasteiger partial charge in [0.25, 0.3) is 5.91 Å². The van der Waals surface area contributed by atoms with E-state index in [0.717, 1.165) is 29.6 Å². The Bertz CT molecular complexity index is 1040. The molecule has 0 radical (unpaired) electrons. The van der Waals surface area contributed by atoms with Crippen LogP contribution in [-0.2, 0) is 0 Å². The number of carbonyl (C=O) groups is 1. The number of anilines is 1. The highest BCUT2D eigenvalue weighted by molar-refractivity contribution is 5.96. The molecule has 28 heavy (non-hydrogen) atoms. The highest BCUT2D eigenvalue weighted by Crippen LogP contribution is 2.31. The van der Waals surface area contributed by atoms with Gasteiger partial charge in [0.2, 0.25) is 0 Å². The second-order valence-electron chi connectivity index (χ2n) is 7.30. The fraction of sp³-hybridized carbons (Fsp3) is 0.273. The molecule has 6 nitrogen and oxygen atoms in total. The van der Waals surface area contributed by atoms with Crippen LogP contribution in [0.1, 0.15) is 29.3 Å². The van der Waals surface area contributed by atoms with Gasteiger partial charge < -0.3 is 10.2 Å². The standard InChI is InChI=1S/C22H21N5O/c1-15-10-18(26-22(28)17-4-2-8-24-12-17)14-27(13-15)20-7-6-16(11-23)21-19(20)5-3-9-25-21/h2-9,12,15,18H,10,13-14H2,1H3,(H,26,28)/t15-,18+/m0/s1. The summed E-state index contributed by atoms with van der Waals surface area (Å²) in [6.07, 6.45) is 5.88. The zero-order valence-electron chi connectivity index (χ0n) is 15.7. The van der Waals surface area contributed by atoms with Crippen molar-refractivity contribution in [1.29, 1.82) is 5.26 Å². The van der Waals surface area contributed by atoms with E-state index in [2.05, 4.69) is 33.2 Å². The lowest BCUT2D eigenvalue weighted by molar-refractivity contribution is 0.0928. The zero-order valence-corrected chi connectivity index (χ0v) is 15.7. The van der Waals surface area contributed by atoms with E-state index in [4.69, 9.17) is 0 Å². The predicted octanol–water partition coefficient (Wildman–Crippen LogP) is 3.15. The van der Waals surface area contributed by atoms with E-state index in [-0.39, 0.29) is 11.9 Å². The van der Waals surface area contributed by atoms with Crippen molar-refractivity contribution in [3.05, 3.63) is 66.1 Å². The van der Waals surface area contributed by atoms with Crippen LogP contribution in [-0.4, -0.2) is 35.0 Å². The molecular weight excluding hydrogens is 350 g/mol. The average Bonchev–Trinajstić information content (AvgIpc) is 2.73. The molecule has 1 saturated heterocycles. The summed E-state index contributed by atoms with van der Waals surface area (Å²) in [4.78, 5) is 23.3. The van der Waals surface area contributed by atoms with E-state index < -0.39 is 0 Å². The zero-order chi connectivity index (χ0) is 19.5. The van der Waals surface area contributed by atoms with Crippen molar-refractivity contribution < 1.29 is 4.79 Å². The van der Waals surface area contributed by atoms with Crippen molar-refractivity contribution in [3.63, 3.8) is 0 Å². The Hall–Kier alpha value is -3.46. The largest absolute Gasteiger partial charge is 0.369 e. The molecular formula is C22H21N5O. The van der Waals surface area contributed by atoms with Crippen LogP contribution in [0.5, 0.6) is 0 Å². The molecule has 1 N–H and O–H groups in total. The van der Waals surface area contributed by atoms with Gasteiger partial charge >= 0.3 is 0 Å². The number of benzene rings is 1. The third kappa shape index (κ3) is 3.52. The Morgan fingerprint density at radius 2 is 2.07 bits per heavy atom. The minimum absolute atomic E-state index is 0.0406. The number of rotatable bonds is 3. The summed E-state index contributed by atoms with van der Waals surface area (Å²) in [5.74, 6) is 0.328. The third-order valence-electron chi connectivity index (χ3n) is 5.13. The molecule has 4 rings (SSSR count). The maximum Gasteiger partial charge on any atom is 0.253 e. The van der Waals surface area contributed by atoms with Crippen LogP contribution < -0.4 is 10.2 Å². The minimum Gasteiger partial charge on any atom is -0.369 e. The Balaban J connectivity index is 1.60. The van der Waals surface area contributed by atoms with E-state index in [1.165, 1.54) is 0 Å². The maximum atomic E-state index is 12.5. The quantitative estimate of drug-likeness (QED) is 0.765. The van der Waals surface area contributed by atoms with E-state index in [9.17, 15) is 10.1 Å². The first-order chi connectivity index (χ1) is 13.7. The molecule has 0 unspecified atom stereocenters. The number of nitrogens with zero attached hydrogens (tertiary/aromatic N) is 4. The van der Waals surface area contributed by atoms with Crippen LogP contribution in [0.25, 0.3) is 10.9 Å². The Morgan fingerprint density at radius 1 is 1.21 bits per heavy atom. The molecule has 0 saturated carbocycles. The van der Waals surface area contributed by atoms with Crippen LogP contribution in [0, 0.1) is 17.2 Å². The van der Waals surface area contributed by atoms with Gasteiger partial charge in [0.1, 0.15) is 6.07 Å². The predicted molar refractivity (Wildman–Crippen MR) is 108 cm³/mol. The first-order valence-electron chi connectivity index (χ1n) is 9.39. The van der Waals surface area contributed by atoms with E-state index in [1.54, 1.807) is 30.7 Å². The van der Waals surface area contributed by atoms with Crippen LogP contribution >= 0.6 is 0 Å². The fourth-order valence-corrected chi connectivity index (χ4v) is 3.94. The van der Waals surface area contributed by atoms with Crippen LogP contribution in [0.3, 0.4) is 0 Å². The SMILES string of the molecule is C[C@H]1C[C@@H](NC(=O)c2cccnc2)CN(c2ccc(C#N)c3ncccc23)C1. The van der Waals surface area contributed by atoms with Crippen molar-refractivity contribution >= 4 is 22.5 Å². The van der Waals surface area contributed by atoms with Gasteiger partial charge in [0.15, 0.2) is 0 Å². The van der Waals surface area contributed by atoms with Gasteiger partial charge in [-0.25, -0.2) is 0 Å². The molecule has 1 aliphatic heterocycles. The Kier molecular flexibility index (Phi) is 4.90. The molecule has 2 aromatic heterocycles. The fourth-order valence-electron chi connectivity index (χ4n) is 3.94. The summed E-state index contributed by atoms with van der Waals surface area (Å²) in [5.41, 5.74) is 2.91. The molecule has 1 aliphatic rings. The topological polar surface area (TPSA) is 81.9 Å². The van der Waals surface area contributed by atoms with Gasteiger partial charge in [-0.05, 0) is 48.7 Å². The molecule has 3 aromatic rings. The molecule has 2 atom stereocenters. The molecule has 140 valence electrons. The smallest absolute Gasteiger partial charge is 0.253 e.